The van der Waals surface area contributed by atoms with E-state index in [1.54, 1.807) is 32.1 Å². The summed E-state index contributed by atoms with van der Waals surface area (Å²) in [5.74, 6) is 0.657. The average Bonchev–Trinajstić information content (AvgIpc) is 3.06. The zero-order valence-electron chi connectivity index (χ0n) is 17.3. The van der Waals surface area contributed by atoms with Crippen molar-refractivity contribution in [1.82, 2.24) is 0 Å². The molecule has 0 saturated carbocycles. The summed E-state index contributed by atoms with van der Waals surface area (Å²) in [7, 11) is 3.15. The van der Waals surface area contributed by atoms with Crippen molar-refractivity contribution in [3.05, 3.63) is 53.6 Å². The summed E-state index contributed by atoms with van der Waals surface area (Å²) < 4.78 is 15.9. The summed E-state index contributed by atoms with van der Waals surface area (Å²) >= 11 is 0. The van der Waals surface area contributed by atoms with Gasteiger partial charge in [0.05, 0.1) is 14.2 Å². The summed E-state index contributed by atoms with van der Waals surface area (Å²) in [6.07, 6.45) is 0.644. The predicted molar refractivity (Wildman–Crippen MR) is 111 cm³/mol. The summed E-state index contributed by atoms with van der Waals surface area (Å²) in [6.45, 7) is 3.63. The van der Waals surface area contributed by atoms with Crippen molar-refractivity contribution >= 4 is 17.6 Å². The Bertz CT molecular complexity index is 895. The van der Waals surface area contributed by atoms with Crippen LogP contribution < -0.4 is 14.4 Å². The Morgan fingerprint density at radius 3 is 2.55 bits per heavy atom. The molecule has 2 atom stereocenters. The van der Waals surface area contributed by atoms with Crippen LogP contribution in [0.15, 0.2) is 42.5 Å². The van der Waals surface area contributed by atoms with Crippen molar-refractivity contribution < 1.29 is 23.8 Å². The lowest BCUT2D eigenvalue weighted by Crippen LogP contribution is -2.43. The number of ether oxygens (including phenoxy) is 3. The number of benzene rings is 2. The molecule has 154 valence electrons. The van der Waals surface area contributed by atoms with Crippen LogP contribution in [0.5, 0.6) is 11.5 Å². The molecule has 1 amide bonds. The van der Waals surface area contributed by atoms with Gasteiger partial charge < -0.3 is 19.1 Å². The van der Waals surface area contributed by atoms with Crippen LogP contribution in [-0.4, -0.2) is 38.2 Å². The molecule has 6 nitrogen and oxygen atoms in total. The fourth-order valence-corrected chi connectivity index (χ4v) is 3.69. The van der Waals surface area contributed by atoms with Gasteiger partial charge in [-0.25, -0.2) is 0 Å². The lowest BCUT2D eigenvalue weighted by molar-refractivity contribution is -0.154. The number of nitrogens with zero attached hydrogens (tertiary/aromatic N) is 1. The van der Waals surface area contributed by atoms with Gasteiger partial charge in [-0.3, -0.25) is 9.59 Å². The van der Waals surface area contributed by atoms with Gasteiger partial charge in [-0.05, 0) is 56.0 Å². The molecule has 0 radical (unpaired) electrons. The number of fused-ring (bicyclic) bond motifs is 1. The molecule has 0 aliphatic carbocycles. The number of anilines is 1. The van der Waals surface area contributed by atoms with E-state index in [4.69, 9.17) is 14.2 Å². The van der Waals surface area contributed by atoms with Crippen molar-refractivity contribution in [1.29, 1.82) is 0 Å². The maximum absolute atomic E-state index is 12.9. The number of para-hydroxylation sites is 1. The zero-order chi connectivity index (χ0) is 21.0. The summed E-state index contributed by atoms with van der Waals surface area (Å²) in [5.41, 5.74) is 2.97. The van der Waals surface area contributed by atoms with Crippen LogP contribution in [0.2, 0.25) is 0 Å². The first kappa shape index (κ1) is 20.7. The molecule has 29 heavy (non-hydrogen) atoms. The third-order valence-electron chi connectivity index (χ3n) is 5.17. The van der Waals surface area contributed by atoms with Crippen molar-refractivity contribution in [3.63, 3.8) is 0 Å². The second-order valence-corrected chi connectivity index (χ2v) is 7.21. The maximum atomic E-state index is 12.9. The second kappa shape index (κ2) is 8.99. The molecule has 0 saturated heterocycles. The summed E-state index contributed by atoms with van der Waals surface area (Å²) in [6, 6.07) is 13.4. The zero-order valence-corrected chi connectivity index (χ0v) is 17.3. The van der Waals surface area contributed by atoms with Crippen LogP contribution in [-0.2, 0) is 27.2 Å². The van der Waals surface area contributed by atoms with Crippen LogP contribution in [0, 0.1) is 0 Å². The van der Waals surface area contributed by atoms with Gasteiger partial charge in [-0.15, -0.1) is 0 Å². The molecule has 3 rings (SSSR count). The number of hydrogen-bond acceptors (Lipinski definition) is 5. The van der Waals surface area contributed by atoms with E-state index in [9.17, 15) is 9.59 Å². The quantitative estimate of drug-likeness (QED) is 0.669. The Hall–Kier alpha value is -3.02. The molecule has 0 aromatic heterocycles. The predicted octanol–water partition coefficient (Wildman–Crippen LogP) is 3.55. The summed E-state index contributed by atoms with van der Waals surface area (Å²) in [5, 5.41) is 0. The second-order valence-electron chi connectivity index (χ2n) is 7.21. The van der Waals surface area contributed by atoms with Crippen LogP contribution in [0.1, 0.15) is 31.4 Å². The van der Waals surface area contributed by atoms with E-state index in [0.717, 1.165) is 23.2 Å². The van der Waals surface area contributed by atoms with Crippen LogP contribution in [0.4, 0.5) is 5.69 Å². The van der Waals surface area contributed by atoms with E-state index in [0.29, 0.717) is 17.9 Å². The molecule has 0 spiro atoms. The monoisotopic (exact) mass is 397 g/mol. The molecule has 2 aromatic rings. The van der Waals surface area contributed by atoms with E-state index in [2.05, 4.69) is 0 Å². The highest BCUT2D eigenvalue weighted by Gasteiger charge is 2.34. The third-order valence-corrected chi connectivity index (χ3v) is 5.17. The molecule has 0 fully saturated rings. The number of carbonyl (C=O) groups is 2. The largest absolute Gasteiger partial charge is 0.493 e. The molecule has 1 aliphatic rings. The standard InChI is InChI=1S/C23H27NO5/c1-15-13-18-7-5-6-8-19(18)24(15)23(26)16(2)29-22(25)12-10-17-9-11-20(27-3)21(14-17)28-4/h5-9,11,14-16H,10,12-13H2,1-4H3/t15-,16-/m1/s1. The smallest absolute Gasteiger partial charge is 0.306 e. The number of esters is 1. The van der Waals surface area contributed by atoms with Gasteiger partial charge in [-0.1, -0.05) is 24.3 Å². The molecule has 1 aliphatic heterocycles. The Morgan fingerprint density at radius 1 is 1.10 bits per heavy atom. The average molecular weight is 397 g/mol. The fourth-order valence-electron chi connectivity index (χ4n) is 3.69. The molecule has 0 bridgehead atoms. The third kappa shape index (κ3) is 4.53. The van der Waals surface area contributed by atoms with E-state index < -0.39 is 12.1 Å². The fraction of sp³-hybridized carbons (Fsp3) is 0.391. The van der Waals surface area contributed by atoms with E-state index in [-0.39, 0.29) is 18.4 Å². The maximum Gasteiger partial charge on any atom is 0.306 e. The minimum atomic E-state index is -0.832. The van der Waals surface area contributed by atoms with Crippen LogP contribution in [0.25, 0.3) is 0 Å². The highest BCUT2D eigenvalue weighted by molar-refractivity contribution is 5.99. The number of carbonyl (C=O) groups excluding carboxylic acids is 2. The first-order valence-corrected chi connectivity index (χ1v) is 9.76. The molecule has 0 N–H and O–H groups in total. The topological polar surface area (TPSA) is 65.1 Å². The van der Waals surface area contributed by atoms with E-state index in [1.165, 1.54) is 0 Å². The van der Waals surface area contributed by atoms with Gasteiger partial charge in [0, 0.05) is 18.2 Å². The Morgan fingerprint density at radius 2 is 1.83 bits per heavy atom. The lowest BCUT2D eigenvalue weighted by Gasteiger charge is -2.26. The van der Waals surface area contributed by atoms with Gasteiger partial charge >= 0.3 is 5.97 Å². The minimum absolute atomic E-state index is 0.0489. The Kier molecular flexibility index (Phi) is 6.42. The number of hydrogen-bond donors (Lipinski definition) is 0. The van der Waals surface area contributed by atoms with Gasteiger partial charge in [-0.2, -0.15) is 0 Å². The van der Waals surface area contributed by atoms with Gasteiger partial charge in [0.15, 0.2) is 17.6 Å². The van der Waals surface area contributed by atoms with Crippen molar-refractivity contribution in [2.75, 3.05) is 19.1 Å². The SMILES string of the molecule is COc1ccc(CCC(=O)O[C@H](C)C(=O)N2c3ccccc3C[C@H]2C)cc1OC. The van der Waals surface area contributed by atoms with Crippen molar-refractivity contribution in [2.24, 2.45) is 0 Å². The Balaban J connectivity index is 1.57. The molecule has 0 unspecified atom stereocenters. The number of aryl methyl sites for hydroxylation is 1. The normalized spacial score (nSPS) is 16.1. The number of rotatable bonds is 7. The minimum Gasteiger partial charge on any atom is -0.493 e. The van der Waals surface area contributed by atoms with Gasteiger partial charge in [0.1, 0.15) is 0 Å². The first-order chi connectivity index (χ1) is 13.9. The van der Waals surface area contributed by atoms with Crippen molar-refractivity contribution in [2.45, 2.75) is 45.3 Å². The molecular formula is C23H27NO5. The van der Waals surface area contributed by atoms with E-state index >= 15 is 0 Å². The molecular weight excluding hydrogens is 370 g/mol. The molecule has 6 heteroatoms. The highest BCUT2D eigenvalue weighted by Crippen LogP contribution is 2.32. The highest BCUT2D eigenvalue weighted by atomic mass is 16.5. The van der Waals surface area contributed by atoms with E-state index in [1.807, 2.05) is 43.3 Å². The number of amides is 1. The van der Waals surface area contributed by atoms with Crippen LogP contribution >= 0.6 is 0 Å². The van der Waals surface area contributed by atoms with Gasteiger partial charge in [0.2, 0.25) is 0 Å². The summed E-state index contributed by atoms with van der Waals surface area (Å²) in [4.78, 5) is 26.9. The molecule has 1 heterocycles. The van der Waals surface area contributed by atoms with Gasteiger partial charge in [0.25, 0.3) is 5.91 Å². The van der Waals surface area contributed by atoms with Crippen LogP contribution in [0.3, 0.4) is 0 Å². The number of methoxy groups -OCH3 is 2. The first-order valence-electron chi connectivity index (χ1n) is 9.76. The van der Waals surface area contributed by atoms with Crippen molar-refractivity contribution in [3.8, 4) is 11.5 Å². The lowest BCUT2D eigenvalue weighted by atomic mass is 10.1. The molecule has 2 aromatic carbocycles. The Labute approximate surface area is 171 Å².